The normalized spacial score (nSPS) is 16.2. The number of hydrogen-bond donors (Lipinski definition) is 1. The second-order valence-corrected chi connectivity index (χ2v) is 5.76. The van der Waals surface area contributed by atoms with Crippen molar-refractivity contribution in [3.8, 4) is 5.75 Å². The third kappa shape index (κ3) is 3.98. The zero-order valence-electron chi connectivity index (χ0n) is 12.5. The second kappa shape index (κ2) is 7.10. The first kappa shape index (κ1) is 15.3. The summed E-state index contributed by atoms with van der Waals surface area (Å²) in [6, 6.07) is 5.79. The number of benzene rings is 1. The van der Waals surface area contributed by atoms with Crippen LogP contribution in [0, 0.1) is 0 Å². The van der Waals surface area contributed by atoms with E-state index in [0.717, 1.165) is 16.9 Å². The molecule has 2 heterocycles. The van der Waals surface area contributed by atoms with Gasteiger partial charge < -0.3 is 14.6 Å². The quantitative estimate of drug-likeness (QED) is 0.666. The number of thioether (sulfide) groups is 1. The number of imidazole rings is 1. The summed E-state index contributed by atoms with van der Waals surface area (Å²) in [7, 11) is 1.65. The molecule has 0 bridgehead atoms. The molecule has 1 aliphatic heterocycles. The number of ether oxygens (including phenoxy) is 1. The molecule has 0 aliphatic carbocycles. The molecule has 0 unspecified atom stereocenters. The van der Waals surface area contributed by atoms with Gasteiger partial charge in [0.15, 0.2) is 5.17 Å². The molecule has 2 aromatic rings. The van der Waals surface area contributed by atoms with E-state index in [2.05, 4.69) is 20.5 Å². The highest BCUT2D eigenvalue weighted by atomic mass is 32.2. The van der Waals surface area contributed by atoms with Gasteiger partial charge in [-0.3, -0.25) is 4.79 Å². The van der Waals surface area contributed by atoms with Crippen molar-refractivity contribution in [1.82, 2.24) is 14.9 Å². The Morgan fingerprint density at radius 1 is 1.52 bits per heavy atom. The maximum absolute atomic E-state index is 11.1. The molecular formula is C15H15N5O2S. The van der Waals surface area contributed by atoms with Crippen molar-refractivity contribution in [1.29, 1.82) is 0 Å². The minimum Gasteiger partial charge on any atom is -0.496 e. The van der Waals surface area contributed by atoms with Crippen LogP contribution in [0.4, 0.5) is 0 Å². The molecule has 0 atom stereocenters. The Hall–Kier alpha value is -2.61. The minimum atomic E-state index is -0.0454. The molecule has 1 N–H and O–H groups in total. The lowest BCUT2D eigenvalue weighted by Crippen LogP contribution is -2.19. The first-order valence-electron chi connectivity index (χ1n) is 6.91. The van der Waals surface area contributed by atoms with Crippen molar-refractivity contribution in [2.45, 2.75) is 6.54 Å². The maximum Gasteiger partial charge on any atom is 0.236 e. The van der Waals surface area contributed by atoms with Crippen LogP contribution >= 0.6 is 11.8 Å². The Labute approximate surface area is 137 Å². The van der Waals surface area contributed by atoms with E-state index >= 15 is 0 Å². The molecule has 23 heavy (non-hydrogen) atoms. The average Bonchev–Trinajstić information content (AvgIpc) is 3.20. The van der Waals surface area contributed by atoms with Crippen molar-refractivity contribution in [3.05, 3.63) is 48.0 Å². The van der Waals surface area contributed by atoms with Gasteiger partial charge in [-0.25, -0.2) is 4.98 Å². The highest BCUT2D eigenvalue weighted by Crippen LogP contribution is 2.20. The third-order valence-corrected chi connectivity index (χ3v) is 4.02. The fraction of sp³-hybridized carbons (Fsp3) is 0.200. The Morgan fingerprint density at radius 3 is 3.13 bits per heavy atom. The molecule has 7 nitrogen and oxygen atoms in total. The van der Waals surface area contributed by atoms with Gasteiger partial charge in [0.05, 0.1) is 31.9 Å². The molecule has 3 rings (SSSR count). The van der Waals surface area contributed by atoms with Gasteiger partial charge in [0.2, 0.25) is 5.91 Å². The fourth-order valence-electron chi connectivity index (χ4n) is 2.11. The molecule has 0 radical (unpaired) electrons. The standard InChI is InChI=1S/C15H15N5O2S/c1-22-13-3-2-11(6-12(13)8-20-5-4-16-10-20)7-17-19-15-18-14(21)9-23-15/h2-7,10H,8-9H2,1H3,(H,18,19,21). The van der Waals surface area contributed by atoms with Crippen molar-refractivity contribution in [2.75, 3.05) is 12.9 Å². The van der Waals surface area contributed by atoms with E-state index in [-0.39, 0.29) is 5.91 Å². The third-order valence-electron chi connectivity index (χ3n) is 3.16. The summed E-state index contributed by atoms with van der Waals surface area (Å²) >= 11 is 1.34. The molecule has 0 spiro atoms. The zero-order valence-corrected chi connectivity index (χ0v) is 13.3. The number of nitrogens with zero attached hydrogens (tertiary/aromatic N) is 4. The summed E-state index contributed by atoms with van der Waals surface area (Å²) in [5.74, 6) is 1.16. The van der Waals surface area contributed by atoms with Crippen LogP contribution in [-0.4, -0.2) is 39.7 Å². The van der Waals surface area contributed by atoms with Crippen molar-refractivity contribution in [2.24, 2.45) is 10.2 Å². The topological polar surface area (TPSA) is 80.9 Å². The van der Waals surface area contributed by atoms with Crippen LogP contribution in [-0.2, 0) is 11.3 Å². The molecule has 1 aliphatic rings. The first-order valence-corrected chi connectivity index (χ1v) is 7.89. The van der Waals surface area contributed by atoms with Gasteiger partial charge in [-0.05, 0) is 23.8 Å². The highest BCUT2D eigenvalue weighted by Gasteiger charge is 2.15. The molecule has 1 fully saturated rings. The maximum atomic E-state index is 11.1. The van der Waals surface area contributed by atoms with E-state index in [1.807, 2.05) is 29.0 Å². The summed E-state index contributed by atoms with van der Waals surface area (Å²) in [5, 5.41) is 11.2. The van der Waals surface area contributed by atoms with E-state index in [9.17, 15) is 4.79 Å². The monoisotopic (exact) mass is 329 g/mol. The second-order valence-electron chi connectivity index (χ2n) is 4.79. The summed E-state index contributed by atoms with van der Waals surface area (Å²) in [6.45, 7) is 0.658. The number of hydrogen-bond acceptors (Lipinski definition) is 6. The van der Waals surface area contributed by atoms with E-state index in [1.54, 1.807) is 25.8 Å². The van der Waals surface area contributed by atoms with Gasteiger partial charge in [0.1, 0.15) is 5.75 Å². The van der Waals surface area contributed by atoms with Crippen LogP contribution in [0.3, 0.4) is 0 Å². The predicted molar refractivity (Wildman–Crippen MR) is 90.0 cm³/mol. The number of methoxy groups -OCH3 is 1. The van der Waals surface area contributed by atoms with Crippen LogP contribution < -0.4 is 10.1 Å². The van der Waals surface area contributed by atoms with Gasteiger partial charge >= 0.3 is 0 Å². The largest absolute Gasteiger partial charge is 0.496 e. The number of rotatable bonds is 5. The van der Waals surface area contributed by atoms with Gasteiger partial charge in [-0.2, -0.15) is 5.10 Å². The van der Waals surface area contributed by atoms with Gasteiger partial charge in [-0.1, -0.05) is 11.8 Å². The lowest BCUT2D eigenvalue weighted by Gasteiger charge is -2.09. The summed E-state index contributed by atoms with van der Waals surface area (Å²) < 4.78 is 7.35. The Bertz CT molecular complexity index is 755. The number of amides is 1. The summed E-state index contributed by atoms with van der Waals surface area (Å²) in [5.41, 5.74) is 1.92. The SMILES string of the molecule is COc1ccc(C=NN=C2NC(=O)CS2)cc1Cn1ccnc1. The molecule has 118 valence electrons. The number of aromatic nitrogens is 2. The smallest absolute Gasteiger partial charge is 0.236 e. The lowest BCUT2D eigenvalue weighted by atomic mass is 10.1. The van der Waals surface area contributed by atoms with Crippen LogP contribution in [0.1, 0.15) is 11.1 Å². The molecule has 1 saturated heterocycles. The van der Waals surface area contributed by atoms with Crippen LogP contribution in [0.5, 0.6) is 5.75 Å². The molecule has 1 aromatic heterocycles. The lowest BCUT2D eigenvalue weighted by molar-refractivity contribution is -0.116. The predicted octanol–water partition coefficient (Wildman–Crippen LogP) is 1.49. The fourth-order valence-corrected chi connectivity index (χ4v) is 2.74. The first-order chi connectivity index (χ1) is 11.2. The molecular weight excluding hydrogens is 314 g/mol. The number of carbonyl (C=O) groups is 1. The Kier molecular flexibility index (Phi) is 4.72. The molecule has 8 heteroatoms. The summed E-state index contributed by atoms with van der Waals surface area (Å²) in [6.07, 6.45) is 7.04. The van der Waals surface area contributed by atoms with E-state index < -0.39 is 0 Å². The molecule has 1 aromatic carbocycles. The summed E-state index contributed by atoms with van der Waals surface area (Å²) in [4.78, 5) is 15.1. The van der Waals surface area contributed by atoms with Gasteiger partial charge in [0, 0.05) is 18.0 Å². The highest BCUT2D eigenvalue weighted by molar-refractivity contribution is 8.15. The average molecular weight is 329 g/mol. The number of nitrogens with one attached hydrogen (secondary N) is 1. The molecule has 0 saturated carbocycles. The van der Waals surface area contributed by atoms with Crippen molar-refractivity contribution >= 4 is 29.1 Å². The van der Waals surface area contributed by atoms with Crippen LogP contribution in [0.2, 0.25) is 0 Å². The van der Waals surface area contributed by atoms with Crippen molar-refractivity contribution < 1.29 is 9.53 Å². The van der Waals surface area contributed by atoms with E-state index in [4.69, 9.17) is 4.74 Å². The number of amidine groups is 1. The zero-order chi connectivity index (χ0) is 16.1. The van der Waals surface area contributed by atoms with Crippen LogP contribution in [0.25, 0.3) is 0 Å². The minimum absolute atomic E-state index is 0.0454. The van der Waals surface area contributed by atoms with Gasteiger partial charge in [0.25, 0.3) is 0 Å². The van der Waals surface area contributed by atoms with E-state index in [1.165, 1.54) is 11.8 Å². The van der Waals surface area contributed by atoms with Crippen LogP contribution in [0.15, 0.2) is 47.1 Å². The molecule has 1 amide bonds. The van der Waals surface area contributed by atoms with E-state index in [0.29, 0.717) is 17.5 Å². The number of carbonyl (C=O) groups excluding carboxylic acids is 1. The Morgan fingerprint density at radius 2 is 2.43 bits per heavy atom. The van der Waals surface area contributed by atoms with Gasteiger partial charge in [-0.15, -0.1) is 5.10 Å². The van der Waals surface area contributed by atoms with Crippen molar-refractivity contribution in [3.63, 3.8) is 0 Å². The Balaban J connectivity index is 1.76.